The molecule has 0 saturated carbocycles. The Morgan fingerprint density at radius 2 is 2.00 bits per heavy atom. The molecule has 2 rings (SSSR count). The van der Waals surface area contributed by atoms with E-state index >= 15 is 0 Å². The van der Waals surface area contributed by atoms with Crippen molar-refractivity contribution in [2.24, 2.45) is 0 Å². The summed E-state index contributed by atoms with van der Waals surface area (Å²) in [5.41, 5.74) is 0.695. The number of nitrogens with zero attached hydrogens (tertiary/aromatic N) is 3. The second-order valence-electron chi connectivity index (χ2n) is 5.70. The Kier molecular flexibility index (Phi) is 4.64. The number of hydrogen-bond donors (Lipinski definition) is 0. The molecular weight excluding hydrogens is 250 g/mol. The molecule has 1 heterocycles. The van der Waals surface area contributed by atoms with Crippen molar-refractivity contribution < 1.29 is 4.74 Å². The van der Waals surface area contributed by atoms with Gasteiger partial charge < -0.3 is 9.64 Å². The second-order valence-corrected chi connectivity index (χ2v) is 5.70. The van der Waals surface area contributed by atoms with E-state index in [2.05, 4.69) is 29.0 Å². The maximum atomic E-state index is 9.65. The number of ether oxygens (including phenoxy) is 1. The normalized spacial score (nSPS) is 20.1. The number of rotatable bonds is 4. The van der Waals surface area contributed by atoms with Crippen LogP contribution in [0.3, 0.4) is 0 Å². The highest BCUT2D eigenvalue weighted by atomic mass is 16.5. The first-order chi connectivity index (χ1) is 9.57. The van der Waals surface area contributed by atoms with Gasteiger partial charge in [-0.15, -0.1) is 0 Å². The first-order valence-electron chi connectivity index (χ1n) is 7.05. The summed E-state index contributed by atoms with van der Waals surface area (Å²) in [6.07, 6.45) is 0.727. The van der Waals surface area contributed by atoms with Crippen LogP contribution in [-0.2, 0) is 6.42 Å². The van der Waals surface area contributed by atoms with Gasteiger partial charge >= 0.3 is 0 Å². The Bertz CT molecular complexity index is 489. The van der Waals surface area contributed by atoms with Crippen molar-refractivity contribution in [3.8, 4) is 11.8 Å². The van der Waals surface area contributed by atoms with Gasteiger partial charge in [0.1, 0.15) is 11.3 Å². The lowest BCUT2D eigenvalue weighted by molar-refractivity contribution is 0.0835. The second kappa shape index (κ2) is 6.25. The Hall–Kier alpha value is -1.57. The predicted octanol–water partition coefficient (Wildman–Crippen LogP) is 1.77. The summed E-state index contributed by atoms with van der Waals surface area (Å²) >= 11 is 0. The van der Waals surface area contributed by atoms with E-state index in [9.17, 15) is 5.26 Å². The minimum atomic E-state index is -0.451. The Balaban J connectivity index is 2.12. The third-order valence-electron chi connectivity index (χ3n) is 4.12. The molecule has 0 aromatic heterocycles. The molecule has 0 radical (unpaired) electrons. The maximum absolute atomic E-state index is 9.65. The summed E-state index contributed by atoms with van der Waals surface area (Å²) < 4.78 is 5.26. The van der Waals surface area contributed by atoms with Crippen molar-refractivity contribution in [2.75, 3.05) is 40.3 Å². The average Bonchev–Trinajstić information content (AvgIpc) is 2.48. The fourth-order valence-electron chi connectivity index (χ4n) is 2.70. The topological polar surface area (TPSA) is 39.5 Å². The van der Waals surface area contributed by atoms with Crippen LogP contribution < -0.4 is 4.74 Å². The zero-order chi connectivity index (χ0) is 14.6. The fourth-order valence-corrected chi connectivity index (χ4v) is 2.70. The van der Waals surface area contributed by atoms with Crippen LogP contribution in [0.5, 0.6) is 5.75 Å². The molecule has 0 N–H and O–H groups in total. The van der Waals surface area contributed by atoms with Gasteiger partial charge in [-0.2, -0.15) is 5.26 Å². The monoisotopic (exact) mass is 273 g/mol. The molecule has 1 saturated heterocycles. The summed E-state index contributed by atoms with van der Waals surface area (Å²) in [6, 6.07) is 10.5. The fraction of sp³-hybridized carbons (Fsp3) is 0.562. The first kappa shape index (κ1) is 14.8. The maximum Gasteiger partial charge on any atom is 0.119 e. The molecule has 1 fully saturated rings. The lowest BCUT2D eigenvalue weighted by atomic mass is 9.91. The molecule has 4 heteroatoms. The van der Waals surface area contributed by atoms with Crippen LogP contribution in [0.1, 0.15) is 12.5 Å². The predicted molar refractivity (Wildman–Crippen MR) is 79.8 cm³/mol. The Morgan fingerprint density at radius 3 is 2.60 bits per heavy atom. The van der Waals surface area contributed by atoms with E-state index in [1.54, 1.807) is 7.11 Å². The summed E-state index contributed by atoms with van der Waals surface area (Å²) in [7, 11) is 3.80. The van der Waals surface area contributed by atoms with E-state index in [0.717, 1.165) is 43.9 Å². The number of benzene rings is 1. The molecule has 0 bridgehead atoms. The molecule has 1 atom stereocenters. The number of likely N-dealkylation sites (N-methyl/N-ethyl adjacent to an activating group) is 1. The zero-order valence-corrected chi connectivity index (χ0v) is 12.6. The van der Waals surface area contributed by atoms with Crippen LogP contribution in [0.15, 0.2) is 24.3 Å². The Morgan fingerprint density at radius 1 is 1.30 bits per heavy atom. The lowest BCUT2D eigenvalue weighted by Gasteiger charge is -2.41. The first-order valence-corrected chi connectivity index (χ1v) is 7.05. The average molecular weight is 273 g/mol. The van der Waals surface area contributed by atoms with Crippen molar-refractivity contribution in [3.63, 3.8) is 0 Å². The number of piperazine rings is 1. The molecule has 0 aliphatic carbocycles. The van der Waals surface area contributed by atoms with Gasteiger partial charge in [-0.3, -0.25) is 4.90 Å². The molecule has 1 aliphatic rings. The van der Waals surface area contributed by atoms with Crippen molar-refractivity contribution >= 4 is 0 Å². The summed E-state index contributed by atoms with van der Waals surface area (Å²) in [5.74, 6) is 0.848. The molecule has 1 unspecified atom stereocenters. The van der Waals surface area contributed by atoms with Gasteiger partial charge in [0.05, 0.1) is 13.2 Å². The van der Waals surface area contributed by atoms with Crippen LogP contribution in [0.2, 0.25) is 0 Å². The van der Waals surface area contributed by atoms with E-state index in [4.69, 9.17) is 4.74 Å². The highest BCUT2D eigenvalue weighted by Gasteiger charge is 2.33. The highest BCUT2D eigenvalue weighted by Crippen LogP contribution is 2.24. The summed E-state index contributed by atoms with van der Waals surface area (Å²) in [5, 5.41) is 9.65. The molecule has 1 aromatic rings. The van der Waals surface area contributed by atoms with Crippen molar-refractivity contribution in [3.05, 3.63) is 29.8 Å². The lowest BCUT2D eigenvalue weighted by Crippen LogP contribution is -2.55. The molecule has 1 aliphatic heterocycles. The smallest absolute Gasteiger partial charge is 0.119 e. The molecule has 4 nitrogen and oxygen atoms in total. The minimum absolute atomic E-state index is 0.451. The van der Waals surface area contributed by atoms with Gasteiger partial charge in [-0.05, 0) is 31.7 Å². The van der Waals surface area contributed by atoms with E-state index in [-0.39, 0.29) is 0 Å². The van der Waals surface area contributed by atoms with Crippen molar-refractivity contribution in [2.45, 2.75) is 18.9 Å². The van der Waals surface area contributed by atoms with E-state index in [0.29, 0.717) is 0 Å². The van der Waals surface area contributed by atoms with Gasteiger partial charge in [0.2, 0.25) is 0 Å². The molecule has 1 aromatic carbocycles. The zero-order valence-electron chi connectivity index (χ0n) is 12.6. The van der Waals surface area contributed by atoms with E-state index in [1.165, 1.54) is 0 Å². The highest BCUT2D eigenvalue weighted by molar-refractivity contribution is 5.31. The van der Waals surface area contributed by atoms with E-state index < -0.39 is 5.54 Å². The quantitative estimate of drug-likeness (QED) is 0.838. The molecule has 0 spiro atoms. The Labute approximate surface area is 121 Å². The van der Waals surface area contributed by atoms with Crippen LogP contribution in [0.25, 0.3) is 0 Å². The van der Waals surface area contributed by atoms with Gasteiger partial charge in [-0.25, -0.2) is 0 Å². The standard InChI is InChI=1S/C16H23N3O/c1-16(13-17,19-9-7-18(2)8-10-19)12-14-5-4-6-15(11-14)20-3/h4-6,11H,7-10,12H2,1-3H3. The van der Waals surface area contributed by atoms with Crippen LogP contribution in [0, 0.1) is 11.3 Å². The summed E-state index contributed by atoms with van der Waals surface area (Å²) in [4.78, 5) is 4.60. The van der Waals surface area contributed by atoms with E-state index in [1.807, 2.05) is 25.1 Å². The summed E-state index contributed by atoms with van der Waals surface area (Å²) in [6.45, 7) is 5.98. The van der Waals surface area contributed by atoms with Gasteiger partial charge in [0.15, 0.2) is 0 Å². The van der Waals surface area contributed by atoms with Crippen molar-refractivity contribution in [1.29, 1.82) is 5.26 Å². The largest absolute Gasteiger partial charge is 0.497 e. The molecule has 20 heavy (non-hydrogen) atoms. The minimum Gasteiger partial charge on any atom is -0.497 e. The molecular formula is C16H23N3O. The SMILES string of the molecule is COc1cccc(CC(C)(C#N)N2CCN(C)CC2)c1. The van der Waals surface area contributed by atoms with Crippen molar-refractivity contribution in [1.82, 2.24) is 9.80 Å². The van der Waals surface area contributed by atoms with Crippen LogP contribution in [-0.4, -0.2) is 55.7 Å². The number of nitriles is 1. The van der Waals surface area contributed by atoms with Crippen LogP contribution in [0.4, 0.5) is 0 Å². The number of methoxy groups -OCH3 is 1. The molecule has 0 amide bonds. The van der Waals surface area contributed by atoms with Crippen LogP contribution >= 0.6 is 0 Å². The van der Waals surface area contributed by atoms with Gasteiger partial charge in [0, 0.05) is 32.6 Å². The van der Waals surface area contributed by atoms with Gasteiger partial charge in [0.25, 0.3) is 0 Å². The third kappa shape index (κ3) is 3.30. The molecule has 108 valence electrons. The van der Waals surface area contributed by atoms with Gasteiger partial charge in [-0.1, -0.05) is 12.1 Å². The third-order valence-corrected chi connectivity index (χ3v) is 4.12. The number of hydrogen-bond acceptors (Lipinski definition) is 4.